The van der Waals surface area contributed by atoms with Crippen LogP contribution in [0.4, 0.5) is 5.82 Å². The topological polar surface area (TPSA) is 83.6 Å². The third kappa shape index (κ3) is 1.95. The lowest BCUT2D eigenvalue weighted by Crippen LogP contribution is -2.36. The van der Waals surface area contributed by atoms with E-state index in [1.165, 1.54) is 0 Å². The fourth-order valence-electron chi connectivity index (χ4n) is 3.16. The first-order valence-electron chi connectivity index (χ1n) is 7.37. The van der Waals surface area contributed by atoms with Crippen molar-refractivity contribution in [3.63, 3.8) is 0 Å². The zero-order valence-electron chi connectivity index (χ0n) is 11.8. The summed E-state index contributed by atoms with van der Waals surface area (Å²) < 4.78 is 1.78. The lowest BCUT2D eigenvalue weighted by Gasteiger charge is -2.22. The second-order valence-electron chi connectivity index (χ2n) is 6.03. The number of fused-ring (bicyclic) bond motifs is 1. The van der Waals surface area contributed by atoms with Gasteiger partial charge in [-0.3, -0.25) is 0 Å². The number of carboxylic acid groups (broad SMARTS) is 1. The van der Waals surface area contributed by atoms with E-state index in [-0.39, 0.29) is 0 Å². The molecule has 7 heteroatoms. The number of carbonyl (C=O) groups is 1. The van der Waals surface area contributed by atoms with Crippen molar-refractivity contribution in [3.05, 3.63) is 18.0 Å². The third-order valence-electron chi connectivity index (χ3n) is 4.55. The van der Waals surface area contributed by atoms with E-state index in [1.54, 1.807) is 4.52 Å². The highest BCUT2D eigenvalue weighted by Gasteiger charge is 2.38. The van der Waals surface area contributed by atoms with Crippen molar-refractivity contribution in [3.8, 4) is 0 Å². The summed E-state index contributed by atoms with van der Waals surface area (Å²) in [6.45, 7) is 2.92. The molecule has 1 N–H and O–H groups in total. The molecule has 3 heterocycles. The molecule has 1 saturated heterocycles. The molecule has 1 aliphatic carbocycles. The Kier molecular flexibility index (Phi) is 2.63. The van der Waals surface area contributed by atoms with E-state index in [2.05, 4.69) is 22.2 Å². The van der Waals surface area contributed by atoms with Crippen LogP contribution in [0.25, 0.3) is 5.65 Å². The number of aliphatic carboxylic acids is 1. The van der Waals surface area contributed by atoms with Gasteiger partial charge in [0.1, 0.15) is 11.9 Å². The Morgan fingerprint density at radius 2 is 2.19 bits per heavy atom. The Hall–Kier alpha value is -2.18. The molecule has 2 aromatic heterocycles. The fourth-order valence-corrected chi connectivity index (χ4v) is 3.16. The summed E-state index contributed by atoms with van der Waals surface area (Å²) in [5, 5.41) is 22.3. The van der Waals surface area contributed by atoms with E-state index >= 15 is 0 Å². The highest BCUT2D eigenvalue weighted by atomic mass is 16.4. The summed E-state index contributed by atoms with van der Waals surface area (Å²) in [6, 6.07) is 3.23. The van der Waals surface area contributed by atoms with Gasteiger partial charge in [-0.2, -0.15) is 4.52 Å². The smallest absolute Gasteiger partial charge is 0.326 e. The molecular weight excluding hydrogens is 270 g/mol. The van der Waals surface area contributed by atoms with Crippen LogP contribution >= 0.6 is 0 Å². The van der Waals surface area contributed by atoms with Crippen molar-refractivity contribution in [1.29, 1.82) is 0 Å². The molecule has 2 aromatic rings. The van der Waals surface area contributed by atoms with Crippen LogP contribution in [0, 0.1) is 5.92 Å². The van der Waals surface area contributed by atoms with Gasteiger partial charge in [0.25, 0.3) is 0 Å². The molecule has 2 fully saturated rings. The maximum absolute atomic E-state index is 11.3. The minimum atomic E-state index is -0.783. The number of hydrogen-bond acceptors (Lipinski definition) is 5. The minimum absolute atomic E-state index is 0.427. The molecule has 3 unspecified atom stereocenters. The lowest BCUT2D eigenvalue weighted by molar-refractivity contribution is -0.138. The number of carboxylic acids is 1. The van der Waals surface area contributed by atoms with Gasteiger partial charge in [0.05, 0.1) is 0 Å². The lowest BCUT2D eigenvalue weighted by atomic mass is 10.2. The summed E-state index contributed by atoms with van der Waals surface area (Å²) in [5.74, 6) is 1.86. The molecule has 0 spiro atoms. The summed E-state index contributed by atoms with van der Waals surface area (Å²) >= 11 is 0. The molecule has 0 amide bonds. The molecule has 110 valence electrons. The Labute approximate surface area is 121 Å². The van der Waals surface area contributed by atoms with Gasteiger partial charge in [0.2, 0.25) is 0 Å². The molecule has 2 aliphatic rings. The molecule has 4 rings (SSSR count). The highest BCUT2D eigenvalue weighted by Crippen LogP contribution is 2.45. The van der Waals surface area contributed by atoms with Gasteiger partial charge in [-0.1, -0.05) is 6.92 Å². The Bertz CT molecular complexity index is 712. The molecule has 0 aromatic carbocycles. The first kappa shape index (κ1) is 12.6. The number of anilines is 1. The third-order valence-corrected chi connectivity index (χ3v) is 4.55. The first-order chi connectivity index (χ1) is 10.1. The maximum Gasteiger partial charge on any atom is 0.326 e. The van der Waals surface area contributed by atoms with Crippen LogP contribution in [0.2, 0.25) is 0 Å². The molecule has 21 heavy (non-hydrogen) atoms. The second-order valence-corrected chi connectivity index (χ2v) is 6.03. The predicted octanol–water partition coefficient (Wildman–Crippen LogP) is 1.30. The average molecular weight is 287 g/mol. The van der Waals surface area contributed by atoms with Crippen molar-refractivity contribution < 1.29 is 9.90 Å². The monoisotopic (exact) mass is 287 g/mol. The molecule has 3 atom stereocenters. The largest absolute Gasteiger partial charge is 0.480 e. The summed E-state index contributed by atoms with van der Waals surface area (Å²) in [6.07, 6.45) is 2.67. The van der Waals surface area contributed by atoms with Crippen molar-refractivity contribution in [2.24, 2.45) is 5.92 Å². The van der Waals surface area contributed by atoms with Gasteiger partial charge in [-0.15, -0.1) is 15.3 Å². The van der Waals surface area contributed by atoms with Gasteiger partial charge in [-0.05, 0) is 37.3 Å². The van der Waals surface area contributed by atoms with E-state index in [9.17, 15) is 9.90 Å². The molecule has 1 saturated carbocycles. The number of nitrogens with zero attached hydrogens (tertiary/aromatic N) is 5. The van der Waals surface area contributed by atoms with Gasteiger partial charge >= 0.3 is 5.97 Å². The quantitative estimate of drug-likeness (QED) is 0.916. The average Bonchev–Trinajstić information content (AvgIpc) is 2.94. The van der Waals surface area contributed by atoms with Gasteiger partial charge in [-0.25, -0.2) is 4.79 Å². The zero-order valence-corrected chi connectivity index (χ0v) is 11.8. The molecule has 0 bridgehead atoms. The SMILES string of the molecule is CC1CC1c1nnc2ccc(N3CCCC3C(=O)O)nn12. The second kappa shape index (κ2) is 4.41. The number of aromatic nitrogens is 4. The van der Waals surface area contributed by atoms with Gasteiger partial charge < -0.3 is 10.0 Å². The van der Waals surface area contributed by atoms with Crippen LogP contribution in [0.15, 0.2) is 12.1 Å². The van der Waals surface area contributed by atoms with Crippen LogP contribution in [-0.2, 0) is 4.79 Å². The van der Waals surface area contributed by atoms with Crippen LogP contribution in [0.1, 0.15) is 37.9 Å². The fraction of sp³-hybridized carbons (Fsp3) is 0.571. The van der Waals surface area contributed by atoms with Crippen LogP contribution in [-0.4, -0.2) is 43.5 Å². The summed E-state index contributed by atoms with van der Waals surface area (Å²) in [5.41, 5.74) is 0.721. The zero-order chi connectivity index (χ0) is 14.6. The van der Waals surface area contributed by atoms with Crippen molar-refractivity contribution in [2.75, 3.05) is 11.4 Å². The predicted molar refractivity (Wildman–Crippen MR) is 75.3 cm³/mol. The Morgan fingerprint density at radius 3 is 2.90 bits per heavy atom. The summed E-state index contributed by atoms with van der Waals surface area (Å²) in [7, 11) is 0. The highest BCUT2D eigenvalue weighted by molar-refractivity contribution is 5.78. The standard InChI is InChI=1S/C14H17N5O2/c1-8-7-9(8)13-16-15-11-4-5-12(17-19(11)13)18-6-2-3-10(18)14(20)21/h4-5,8-10H,2-3,6-7H2,1H3,(H,20,21). The van der Waals surface area contributed by atoms with Crippen LogP contribution < -0.4 is 4.90 Å². The van der Waals surface area contributed by atoms with Crippen molar-refractivity contribution in [2.45, 2.75) is 38.1 Å². The normalized spacial score (nSPS) is 28.2. The number of hydrogen-bond donors (Lipinski definition) is 1. The van der Waals surface area contributed by atoms with E-state index in [4.69, 9.17) is 0 Å². The molecule has 7 nitrogen and oxygen atoms in total. The van der Waals surface area contributed by atoms with Gasteiger partial charge in [0, 0.05) is 12.5 Å². The maximum atomic E-state index is 11.3. The Morgan fingerprint density at radius 1 is 1.38 bits per heavy atom. The van der Waals surface area contributed by atoms with E-state index in [0.717, 1.165) is 30.9 Å². The molecular formula is C14H17N5O2. The summed E-state index contributed by atoms with van der Waals surface area (Å²) in [4.78, 5) is 13.2. The van der Waals surface area contributed by atoms with E-state index < -0.39 is 12.0 Å². The minimum Gasteiger partial charge on any atom is -0.480 e. The van der Waals surface area contributed by atoms with Crippen molar-refractivity contribution in [1.82, 2.24) is 19.8 Å². The van der Waals surface area contributed by atoms with Crippen molar-refractivity contribution >= 4 is 17.4 Å². The van der Waals surface area contributed by atoms with E-state index in [0.29, 0.717) is 24.1 Å². The number of rotatable bonds is 3. The van der Waals surface area contributed by atoms with Crippen LogP contribution in [0.3, 0.4) is 0 Å². The first-order valence-corrected chi connectivity index (χ1v) is 7.37. The molecule has 1 aliphatic heterocycles. The van der Waals surface area contributed by atoms with Gasteiger partial charge in [0.15, 0.2) is 11.5 Å². The Balaban J connectivity index is 1.74. The van der Waals surface area contributed by atoms with Crippen LogP contribution in [0.5, 0.6) is 0 Å². The van der Waals surface area contributed by atoms with E-state index in [1.807, 2.05) is 17.0 Å². The molecule has 0 radical (unpaired) electrons.